The number of halogens is 1. The van der Waals surface area contributed by atoms with Crippen molar-refractivity contribution in [2.24, 2.45) is 0 Å². The number of aryl methyl sites for hydroxylation is 1. The lowest BCUT2D eigenvalue weighted by atomic mass is 10.1. The van der Waals surface area contributed by atoms with Crippen LogP contribution in [0.15, 0.2) is 48.5 Å². The van der Waals surface area contributed by atoms with Crippen molar-refractivity contribution in [2.75, 3.05) is 26.2 Å². The van der Waals surface area contributed by atoms with Gasteiger partial charge in [0.15, 0.2) is 0 Å². The minimum absolute atomic E-state index is 0.0594. The van der Waals surface area contributed by atoms with Crippen LogP contribution in [0.5, 0.6) is 0 Å². The average Bonchev–Trinajstić information content (AvgIpc) is 2.90. The molecule has 1 heterocycles. The molecule has 0 saturated carbocycles. The highest BCUT2D eigenvalue weighted by atomic mass is 19.1. The second-order valence-electron chi connectivity index (χ2n) is 7.05. The van der Waals surface area contributed by atoms with Crippen LogP contribution < -0.4 is 0 Å². The van der Waals surface area contributed by atoms with Crippen molar-refractivity contribution in [3.63, 3.8) is 0 Å². The minimum Gasteiger partial charge on any atom is -0.341 e. The molecule has 0 N–H and O–H groups in total. The molecule has 1 aliphatic heterocycles. The molecule has 1 saturated heterocycles. The Morgan fingerprint density at radius 3 is 2.22 bits per heavy atom. The van der Waals surface area contributed by atoms with Gasteiger partial charge in [0.05, 0.1) is 12.8 Å². The van der Waals surface area contributed by atoms with Crippen molar-refractivity contribution in [2.45, 2.75) is 26.2 Å². The van der Waals surface area contributed by atoms with E-state index in [0.717, 1.165) is 17.5 Å². The third kappa shape index (κ3) is 5.16. The molecular weight excluding hydrogens is 343 g/mol. The third-order valence-electron chi connectivity index (χ3n) is 4.94. The standard InChI is InChI=1S/C22H25FN2O2/c1-17-6-4-7-18(14-17)15-21(26)24-10-5-11-25(13-12-24)22(27)16-19-8-2-3-9-20(19)23/h2-4,6-9,14H,5,10-13,15-16H2,1H3. The predicted octanol–water partition coefficient (Wildman–Crippen LogP) is 2.98. The van der Waals surface area contributed by atoms with Crippen LogP contribution in [-0.2, 0) is 22.4 Å². The van der Waals surface area contributed by atoms with Crippen molar-refractivity contribution in [1.29, 1.82) is 0 Å². The first-order valence-corrected chi connectivity index (χ1v) is 9.37. The predicted molar refractivity (Wildman–Crippen MR) is 103 cm³/mol. The topological polar surface area (TPSA) is 40.6 Å². The van der Waals surface area contributed by atoms with Crippen LogP contribution in [0.1, 0.15) is 23.1 Å². The average molecular weight is 368 g/mol. The Labute approximate surface area is 159 Å². The fraction of sp³-hybridized carbons (Fsp3) is 0.364. The van der Waals surface area contributed by atoms with Crippen LogP contribution in [0.2, 0.25) is 0 Å². The first-order chi connectivity index (χ1) is 13.0. The van der Waals surface area contributed by atoms with Gasteiger partial charge in [-0.3, -0.25) is 9.59 Å². The Kier molecular flexibility index (Phi) is 6.22. The van der Waals surface area contributed by atoms with Crippen molar-refractivity contribution in [1.82, 2.24) is 9.80 Å². The molecule has 1 aliphatic rings. The zero-order valence-electron chi connectivity index (χ0n) is 15.7. The first-order valence-electron chi connectivity index (χ1n) is 9.37. The number of carbonyl (C=O) groups is 2. The SMILES string of the molecule is Cc1cccc(CC(=O)N2CCCN(C(=O)Cc3ccccc3F)CC2)c1. The number of benzene rings is 2. The quantitative estimate of drug-likeness (QED) is 0.832. The van der Waals surface area contributed by atoms with E-state index in [1.165, 1.54) is 6.07 Å². The maximum absolute atomic E-state index is 13.8. The Balaban J connectivity index is 1.56. The summed E-state index contributed by atoms with van der Waals surface area (Å²) in [7, 11) is 0. The van der Waals surface area contributed by atoms with Gasteiger partial charge in [-0.25, -0.2) is 4.39 Å². The highest BCUT2D eigenvalue weighted by molar-refractivity contribution is 5.80. The van der Waals surface area contributed by atoms with Crippen molar-refractivity contribution in [3.8, 4) is 0 Å². The molecule has 2 aromatic rings. The van der Waals surface area contributed by atoms with Crippen LogP contribution in [0.4, 0.5) is 4.39 Å². The molecule has 0 aromatic heterocycles. The summed E-state index contributed by atoms with van der Waals surface area (Å²) in [5, 5.41) is 0. The van der Waals surface area contributed by atoms with Gasteiger partial charge in [-0.1, -0.05) is 48.0 Å². The van der Waals surface area contributed by atoms with Crippen LogP contribution >= 0.6 is 0 Å². The molecular formula is C22H25FN2O2. The molecule has 2 amide bonds. The van der Waals surface area contributed by atoms with Crippen LogP contribution in [-0.4, -0.2) is 47.8 Å². The summed E-state index contributed by atoms with van der Waals surface area (Å²) < 4.78 is 13.8. The van der Waals surface area contributed by atoms with Gasteiger partial charge >= 0.3 is 0 Å². The number of rotatable bonds is 4. The van der Waals surface area contributed by atoms with Crippen molar-refractivity contribution >= 4 is 11.8 Å². The Morgan fingerprint density at radius 2 is 1.56 bits per heavy atom. The summed E-state index contributed by atoms with van der Waals surface area (Å²) in [5.74, 6) is -0.354. The zero-order chi connectivity index (χ0) is 19.2. The molecule has 0 radical (unpaired) electrons. The summed E-state index contributed by atoms with van der Waals surface area (Å²) in [6, 6.07) is 14.3. The molecule has 0 bridgehead atoms. The number of hydrogen-bond acceptors (Lipinski definition) is 2. The van der Waals surface area contributed by atoms with E-state index >= 15 is 0 Å². The van der Waals surface area contributed by atoms with Gasteiger partial charge in [0.25, 0.3) is 0 Å². The summed E-state index contributed by atoms with van der Waals surface area (Å²) in [6.45, 7) is 4.27. The lowest BCUT2D eigenvalue weighted by Crippen LogP contribution is -2.38. The minimum atomic E-state index is -0.351. The molecule has 1 fully saturated rings. The molecule has 2 aromatic carbocycles. The number of carbonyl (C=O) groups excluding carboxylic acids is 2. The van der Waals surface area contributed by atoms with E-state index < -0.39 is 0 Å². The van der Waals surface area contributed by atoms with Gasteiger partial charge in [-0.15, -0.1) is 0 Å². The second kappa shape index (κ2) is 8.80. The molecule has 4 nitrogen and oxygen atoms in total. The molecule has 5 heteroatoms. The van der Waals surface area contributed by atoms with Crippen LogP contribution in [0.25, 0.3) is 0 Å². The summed E-state index contributed by atoms with van der Waals surface area (Å²) in [6.07, 6.45) is 1.18. The van der Waals surface area contributed by atoms with E-state index in [9.17, 15) is 14.0 Å². The molecule has 3 rings (SSSR count). The lowest BCUT2D eigenvalue weighted by Gasteiger charge is -2.22. The maximum atomic E-state index is 13.8. The van der Waals surface area contributed by atoms with E-state index in [1.807, 2.05) is 36.1 Å². The smallest absolute Gasteiger partial charge is 0.227 e. The monoisotopic (exact) mass is 368 g/mol. The van der Waals surface area contributed by atoms with Gasteiger partial charge in [-0.2, -0.15) is 0 Å². The van der Waals surface area contributed by atoms with Crippen molar-refractivity contribution in [3.05, 3.63) is 71.0 Å². The van der Waals surface area contributed by atoms with Gasteiger partial charge in [0.2, 0.25) is 11.8 Å². The Morgan fingerprint density at radius 1 is 0.889 bits per heavy atom. The summed E-state index contributed by atoms with van der Waals surface area (Å²) in [5.41, 5.74) is 2.57. The summed E-state index contributed by atoms with van der Waals surface area (Å²) in [4.78, 5) is 28.7. The number of hydrogen-bond donors (Lipinski definition) is 0. The van der Waals surface area contributed by atoms with E-state index in [-0.39, 0.29) is 24.1 Å². The molecule has 27 heavy (non-hydrogen) atoms. The molecule has 0 spiro atoms. The normalized spacial score (nSPS) is 14.7. The Bertz CT molecular complexity index is 821. The fourth-order valence-electron chi connectivity index (χ4n) is 3.44. The van der Waals surface area contributed by atoms with Gasteiger partial charge in [0.1, 0.15) is 5.82 Å². The highest BCUT2D eigenvalue weighted by Gasteiger charge is 2.22. The number of nitrogens with zero attached hydrogens (tertiary/aromatic N) is 2. The van der Waals surface area contributed by atoms with E-state index in [0.29, 0.717) is 38.2 Å². The molecule has 0 aliphatic carbocycles. The van der Waals surface area contributed by atoms with Gasteiger partial charge < -0.3 is 9.80 Å². The molecule has 0 atom stereocenters. The van der Waals surface area contributed by atoms with Crippen LogP contribution in [0, 0.1) is 12.7 Å². The lowest BCUT2D eigenvalue weighted by molar-refractivity contribution is -0.132. The Hall–Kier alpha value is -2.69. The largest absolute Gasteiger partial charge is 0.341 e. The maximum Gasteiger partial charge on any atom is 0.227 e. The number of amides is 2. The van der Waals surface area contributed by atoms with E-state index in [1.54, 1.807) is 23.1 Å². The molecule has 0 unspecified atom stereocenters. The van der Waals surface area contributed by atoms with Gasteiger partial charge in [0, 0.05) is 26.2 Å². The van der Waals surface area contributed by atoms with Crippen molar-refractivity contribution < 1.29 is 14.0 Å². The van der Waals surface area contributed by atoms with E-state index in [4.69, 9.17) is 0 Å². The van der Waals surface area contributed by atoms with Crippen LogP contribution in [0.3, 0.4) is 0 Å². The fourth-order valence-corrected chi connectivity index (χ4v) is 3.44. The molecule has 142 valence electrons. The summed E-state index contributed by atoms with van der Waals surface area (Å²) >= 11 is 0. The first kappa shape index (κ1) is 19.1. The zero-order valence-corrected chi connectivity index (χ0v) is 15.7. The highest BCUT2D eigenvalue weighted by Crippen LogP contribution is 2.12. The van der Waals surface area contributed by atoms with Gasteiger partial charge in [-0.05, 0) is 30.5 Å². The second-order valence-corrected chi connectivity index (χ2v) is 7.05. The van der Waals surface area contributed by atoms with E-state index in [2.05, 4.69) is 0 Å². The third-order valence-corrected chi connectivity index (χ3v) is 4.94.